The highest BCUT2D eigenvalue weighted by atomic mass is 127. The van der Waals surface area contributed by atoms with Crippen molar-refractivity contribution in [2.45, 2.75) is 40.2 Å². The fourth-order valence-electron chi connectivity index (χ4n) is 14.5. The SMILES string of the molecule is CCI.CCOc1ccc2nn(-c3ccc4nn(C)cc4c3)c(=O)c(-c3ccc(Br)cc3)c2n1.Cn1cc2cc(-n3nc4ccc(=O)[nH]c4c(-c4ccc(Br)cc4)c3=O)ccc2n1.Cn1cc2cc(-n3nc4ccc(=O)[nH]c4c(-c4ccc(N)cc4)c3=O)ccc2n1.Cn1cc2cc(-n3nc4ccc(=O)[nH]c4c(-c4ccc(NC(=O)OC(C)(C)C)cc4)c3=O)ccc2n1. The number of carbonyl (C=O) groups excluding carboxylic acids is 1. The van der Waals surface area contributed by atoms with E-state index in [1.807, 2.05) is 175 Å². The zero-order chi connectivity index (χ0) is 90.1. The number of hydrogen-bond donors (Lipinski definition) is 5. The van der Waals surface area contributed by atoms with Crippen LogP contribution in [0.15, 0.2) is 286 Å². The fraction of sp³-hybridized carbons (Fsp3) is 0.129. The van der Waals surface area contributed by atoms with Crippen molar-refractivity contribution in [3.05, 3.63) is 325 Å². The van der Waals surface area contributed by atoms with Gasteiger partial charge in [-0.1, -0.05) is 110 Å². The predicted octanol–water partition coefficient (Wildman–Crippen LogP) is 15.5. The van der Waals surface area contributed by atoms with Crippen LogP contribution in [0.1, 0.15) is 34.6 Å². The molecule has 0 saturated heterocycles. The lowest BCUT2D eigenvalue weighted by Gasteiger charge is -2.19. The lowest BCUT2D eigenvalue weighted by atomic mass is 10.1. The lowest BCUT2D eigenvalue weighted by molar-refractivity contribution is 0.0635. The first-order valence-electron chi connectivity index (χ1n) is 39.9. The number of ether oxygens (including phenoxy) is 2. The highest BCUT2D eigenvalue weighted by molar-refractivity contribution is 14.1. The number of H-pyrrole nitrogens is 3. The standard InChI is InChI=1S/C26H24N6O4.C23H18BrN5O2.C21H14BrN5O2.C21H16N6O2.C2H5I/c1-26(2,3)36-25(35)27-17-7-5-15(6-8-17)22-23-20(11-12-21(33)28-23)30-32(24(22)34)18-9-10-19-16(13-18)14-31(4)29-19;1-3-31-20-11-10-19-22(25-20)21(14-4-6-16(24)7-5-14)23(30)29(27-19)17-8-9-18-15(12-17)13-28(2)26-18;2*1-26-11-13-10-15(6-7-16(13)24-26)27-21(29)19(12-2-4-14(22)5-3-12)20-17(25-27)8-9-18(28)23-20;1-2-3/h5-14H,1-4H3,(H,27,35)(H,28,33);4-13H,3H2,1-2H3;2-11H,1H3,(H,23,28);2-11H,22H2,1H3,(H,23,28);2H2,1H3. The number of nitrogens with zero attached hydrogens (tertiary/aromatic N) is 17. The van der Waals surface area contributed by atoms with Crippen LogP contribution in [0.3, 0.4) is 0 Å². The van der Waals surface area contributed by atoms with Gasteiger partial charge in [0.15, 0.2) is 0 Å². The number of aromatic amines is 3. The smallest absolute Gasteiger partial charge is 0.412 e. The van der Waals surface area contributed by atoms with Crippen molar-refractivity contribution in [3.63, 3.8) is 0 Å². The molecule has 0 saturated carbocycles. The van der Waals surface area contributed by atoms with Crippen LogP contribution in [0, 0.1) is 0 Å². The number of nitrogen functional groups attached to an aromatic ring is 1. The molecule has 0 aliphatic heterocycles. The van der Waals surface area contributed by atoms with E-state index in [9.17, 15) is 38.4 Å². The number of fused-ring (bicyclic) bond motifs is 8. The van der Waals surface area contributed by atoms with Gasteiger partial charge in [0.25, 0.3) is 22.2 Å². The Kier molecular flexibility index (Phi) is 24.4. The summed E-state index contributed by atoms with van der Waals surface area (Å²) in [4.78, 5) is 115. The van der Waals surface area contributed by atoms with Gasteiger partial charge in [-0.2, -0.15) is 59.5 Å². The van der Waals surface area contributed by atoms with E-state index in [-0.39, 0.29) is 38.9 Å². The highest BCUT2D eigenvalue weighted by Gasteiger charge is 2.24. The number of nitrogens with one attached hydrogen (secondary N) is 4. The molecule has 0 aliphatic rings. The monoisotopic (exact) mass is 1950 g/mol. The van der Waals surface area contributed by atoms with Gasteiger partial charge in [0, 0.05) is 119 Å². The number of benzene rings is 8. The van der Waals surface area contributed by atoms with Crippen LogP contribution in [0.4, 0.5) is 16.2 Å². The lowest BCUT2D eigenvalue weighted by Crippen LogP contribution is -2.27. The van der Waals surface area contributed by atoms with Crippen molar-refractivity contribution in [1.29, 1.82) is 0 Å². The largest absolute Gasteiger partial charge is 0.478 e. The van der Waals surface area contributed by atoms with Crippen LogP contribution in [0.25, 0.3) is 155 Å². The van der Waals surface area contributed by atoms with Crippen LogP contribution in [-0.2, 0) is 32.9 Å². The molecular weight excluding hydrogens is 1870 g/mol. The summed E-state index contributed by atoms with van der Waals surface area (Å²) in [6.07, 6.45) is 6.96. The Morgan fingerprint density at radius 3 is 1.03 bits per heavy atom. The Labute approximate surface area is 754 Å². The summed E-state index contributed by atoms with van der Waals surface area (Å²) in [5.41, 5.74) is 17.7. The molecule has 35 heteroatoms. The number of halogens is 3. The normalized spacial score (nSPS) is 11.3. The van der Waals surface area contributed by atoms with E-state index >= 15 is 0 Å². The molecule has 0 aliphatic carbocycles. The maximum absolute atomic E-state index is 13.7. The van der Waals surface area contributed by atoms with Crippen molar-refractivity contribution in [1.82, 2.24) is 98.2 Å². The molecule has 20 aromatic rings. The molecule has 0 fully saturated rings. The molecule has 8 aromatic carbocycles. The molecule has 0 spiro atoms. The van der Waals surface area contributed by atoms with Gasteiger partial charge in [0.1, 0.15) is 33.2 Å². The minimum absolute atomic E-state index is 0.251. The number of nitrogens with two attached hydrogens (primary N) is 1. The molecule has 12 aromatic heterocycles. The third kappa shape index (κ3) is 18.5. The van der Waals surface area contributed by atoms with E-state index in [2.05, 4.69) is 127 Å². The average Bonchev–Trinajstić information content (AvgIpc) is 0.994. The fourth-order valence-corrected chi connectivity index (χ4v) is 15.0. The summed E-state index contributed by atoms with van der Waals surface area (Å²) in [6, 6.07) is 63.3. The summed E-state index contributed by atoms with van der Waals surface area (Å²) < 4.78 is 26.2. The van der Waals surface area contributed by atoms with Crippen LogP contribution < -0.4 is 54.7 Å². The summed E-state index contributed by atoms with van der Waals surface area (Å²) in [5.74, 6) is 0.462. The van der Waals surface area contributed by atoms with Gasteiger partial charge in [-0.15, -0.1) is 0 Å². The molecule has 0 unspecified atom stereocenters. The Balaban J connectivity index is 0.000000124. The first-order chi connectivity index (χ1) is 61.5. The molecule has 1 amide bonds. The predicted molar refractivity (Wildman–Crippen MR) is 513 cm³/mol. The third-order valence-electron chi connectivity index (χ3n) is 19.9. The van der Waals surface area contributed by atoms with E-state index < -0.39 is 17.3 Å². The second kappa shape index (κ2) is 36.1. The molecular formula is C93H77Br2IN22O10. The van der Waals surface area contributed by atoms with Crippen molar-refractivity contribution in [2.24, 2.45) is 28.2 Å². The zero-order valence-electron chi connectivity index (χ0n) is 69.9. The van der Waals surface area contributed by atoms with E-state index in [1.54, 1.807) is 124 Å². The van der Waals surface area contributed by atoms with Gasteiger partial charge in [-0.05, 0) is 200 Å². The molecule has 6 N–H and O–H groups in total. The number of pyridine rings is 4. The Morgan fingerprint density at radius 2 is 0.695 bits per heavy atom. The van der Waals surface area contributed by atoms with Crippen molar-refractivity contribution in [2.75, 3.05) is 22.1 Å². The molecule has 0 bridgehead atoms. The van der Waals surface area contributed by atoms with E-state index in [0.717, 1.165) is 58.1 Å². The van der Waals surface area contributed by atoms with Gasteiger partial charge in [-0.25, -0.2) is 9.78 Å². The molecule has 640 valence electrons. The van der Waals surface area contributed by atoms with Crippen LogP contribution >= 0.6 is 54.5 Å². The average molecular weight is 1950 g/mol. The van der Waals surface area contributed by atoms with Crippen molar-refractivity contribution in [3.8, 4) is 73.1 Å². The molecule has 32 nitrogen and oxygen atoms in total. The van der Waals surface area contributed by atoms with Crippen LogP contribution in [0.5, 0.6) is 5.88 Å². The maximum Gasteiger partial charge on any atom is 0.412 e. The second-order valence-electron chi connectivity index (χ2n) is 30.4. The van der Waals surface area contributed by atoms with Crippen molar-refractivity contribution < 1.29 is 14.3 Å². The molecule has 128 heavy (non-hydrogen) atoms. The first kappa shape index (κ1) is 86.3. The van der Waals surface area contributed by atoms with Crippen LogP contribution in [-0.4, -0.2) is 121 Å². The Morgan fingerprint density at radius 1 is 0.398 bits per heavy atom. The first-order valence-corrected chi connectivity index (χ1v) is 43.0. The van der Waals surface area contributed by atoms with Gasteiger partial charge in [-0.3, -0.25) is 57.6 Å². The number of aromatic nitrogens is 20. The van der Waals surface area contributed by atoms with Crippen molar-refractivity contribution >= 4 is 160 Å². The number of rotatable bonds is 11. The van der Waals surface area contributed by atoms with Gasteiger partial charge >= 0.3 is 6.09 Å². The van der Waals surface area contributed by atoms with Gasteiger partial charge < -0.3 is 30.2 Å². The zero-order valence-corrected chi connectivity index (χ0v) is 75.2. The molecule has 0 atom stereocenters. The number of hydrogen-bond acceptors (Lipinski definition) is 20. The summed E-state index contributed by atoms with van der Waals surface area (Å²) in [5, 5.41) is 41.9. The number of alkyl halides is 1. The summed E-state index contributed by atoms with van der Waals surface area (Å²) >= 11 is 9.16. The maximum atomic E-state index is 13.7. The topological polar surface area (TPSA) is 396 Å². The van der Waals surface area contributed by atoms with E-state index in [1.165, 1.54) is 41.4 Å². The van der Waals surface area contributed by atoms with Crippen LogP contribution in [0.2, 0.25) is 0 Å². The molecule has 20 rings (SSSR count). The van der Waals surface area contributed by atoms with Gasteiger partial charge in [0.2, 0.25) is 22.6 Å². The quantitative estimate of drug-likeness (QED) is 0.0456. The number of amides is 1. The number of anilines is 2. The van der Waals surface area contributed by atoms with E-state index in [0.29, 0.717) is 124 Å². The minimum atomic E-state index is -0.629. The third-order valence-corrected chi connectivity index (χ3v) is 21.0. The van der Waals surface area contributed by atoms with Gasteiger partial charge in [0.05, 0.1) is 90.2 Å². The molecule has 0 radical (unpaired) electrons. The summed E-state index contributed by atoms with van der Waals surface area (Å²) in [6.45, 7) is 9.83. The number of carbonyl (C=O) groups is 1. The minimum Gasteiger partial charge on any atom is -0.478 e. The Bertz CT molecular complexity index is 7960. The second-order valence-corrected chi connectivity index (χ2v) is 33.7. The van der Waals surface area contributed by atoms with E-state index in [4.69, 9.17) is 15.2 Å². The molecule has 12 heterocycles. The number of aryl methyl sites for hydroxylation is 4. The Hall–Kier alpha value is -15.2. The summed E-state index contributed by atoms with van der Waals surface area (Å²) in [7, 11) is 7.39. The highest BCUT2D eigenvalue weighted by Crippen LogP contribution is 2.33.